The second-order valence-corrected chi connectivity index (χ2v) is 8.57. The first kappa shape index (κ1) is 22.5. The van der Waals surface area contributed by atoms with Crippen LogP contribution in [-0.2, 0) is 20.9 Å². The van der Waals surface area contributed by atoms with Gasteiger partial charge in [-0.2, -0.15) is 5.01 Å². The van der Waals surface area contributed by atoms with Gasteiger partial charge in [0, 0.05) is 0 Å². The fourth-order valence-electron chi connectivity index (χ4n) is 3.36. The summed E-state index contributed by atoms with van der Waals surface area (Å²) in [5, 5.41) is 0.930. The minimum Gasteiger partial charge on any atom is -0.459 e. The Morgan fingerprint density at radius 1 is 1.17 bits per heavy atom. The third kappa shape index (κ3) is 6.10. The Morgan fingerprint density at radius 3 is 2.28 bits per heavy atom. The molecule has 3 amide bonds. The van der Waals surface area contributed by atoms with Gasteiger partial charge in [0.15, 0.2) is 5.54 Å². The normalized spacial score (nSPS) is 21.7. The van der Waals surface area contributed by atoms with E-state index in [2.05, 4.69) is 12.3 Å². The molecule has 1 aliphatic carbocycles. The van der Waals surface area contributed by atoms with Crippen LogP contribution >= 0.6 is 0 Å². The fourth-order valence-corrected chi connectivity index (χ4v) is 3.36. The molecule has 0 radical (unpaired) electrons. The number of nitrogens with zero attached hydrogens (tertiary/aromatic N) is 1. The highest BCUT2D eigenvalue weighted by Crippen LogP contribution is 2.37. The van der Waals surface area contributed by atoms with Gasteiger partial charge in [-0.15, -0.1) is 0 Å². The first-order valence-corrected chi connectivity index (χ1v) is 9.84. The quantitative estimate of drug-likeness (QED) is 0.588. The van der Waals surface area contributed by atoms with Gasteiger partial charge in [0.1, 0.15) is 12.2 Å². The molecule has 1 saturated carbocycles. The van der Waals surface area contributed by atoms with Crippen molar-refractivity contribution in [1.29, 1.82) is 0 Å². The molecule has 1 aliphatic rings. The van der Waals surface area contributed by atoms with E-state index in [1.807, 2.05) is 30.3 Å². The molecular weight excluding hydrogens is 374 g/mol. The maximum atomic E-state index is 13.2. The van der Waals surface area contributed by atoms with Gasteiger partial charge in [-0.1, -0.05) is 37.3 Å². The minimum atomic E-state index is -1.38. The van der Waals surface area contributed by atoms with Crippen molar-refractivity contribution in [2.24, 2.45) is 11.7 Å². The number of carbonyl (C=O) groups is 3. The number of nitrogens with two attached hydrogens (primary N) is 1. The molecule has 0 spiro atoms. The van der Waals surface area contributed by atoms with Gasteiger partial charge >= 0.3 is 18.1 Å². The van der Waals surface area contributed by atoms with Crippen molar-refractivity contribution in [1.82, 2.24) is 10.4 Å². The van der Waals surface area contributed by atoms with Crippen molar-refractivity contribution < 1.29 is 23.9 Å². The summed E-state index contributed by atoms with van der Waals surface area (Å²) >= 11 is 0. The molecule has 0 bridgehead atoms. The zero-order valence-corrected chi connectivity index (χ0v) is 17.6. The number of amides is 3. The summed E-state index contributed by atoms with van der Waals surface area (Å²) in [5.41, 5.74) is 6.24. The zero-order valence-electron chi connectivity index (χ0n) is 17.6. The topological polar surface area (TPSA) is 111 Å². The van der Waals surface area contributed by atoms with E-state index < -0.39 is 29.2 Å². The number of hydrogen-bond donors (Lipinski definition) is 2. The molecule has 0 heterocycles. The lowest BCUT2D eigenvalue weighted by Gasteiger charge is -2.44. The SMILES string of the molecule is CC1CCC(C(=O)OCc2ccccc2)(N(NC(N)=O)C(=O)OC(C)(C)C)CC1. The molecule has 160 valence electrons. The lowest BCUT2D eigenvalue weighted by atomic mass is 9.76. The van der Waals surface area contributed by atoms with Crippen LogP contribution in [0.5, 0.6) is 0 Å². The first-order valence-electron chi connectivity index (χ1n) is 9.84. The van der Waals surface area contributed by atoms with Gasteiger partial charge < -0.3 is 15.2 Å². The molecule has 8 heteroatoms. The molecule has 0 atom stereocenters. The number of carbonyl (C=O) groups excluding carboxylic acids is 3. The number of hydrazine groups is 1. The number of hydrogen-bond acceptors (Lipinski definition) is 5. The van der Waals surface area contributed by atoms with E-state index in [0.717, 1.165) is 10.6 Å². The van der Waals surface area contributed by atoms with E-state index >= 15 is 0 Å². The van der Waals surface area contributed by atoms with Crippen LogP contribution in [0.3, 0.4) is 0 Å². The maximum absolute atomic E-state index is 13.2. The Labute approximate surface area is 171 Å². The van der Waals surface area contributed by atoms with Crippen LogP contribution in [0.1, 0.15) is 58.9 Å². The molecule has 8 nitrogen and oxygen atoms in total. The van der Waals surface area contributed by atoms with Crippen LogP contribution in [-0.4, -0.2) is 34.2 Å². The van der Waals surface area contributed by atoms with Crippen LogP contribution in [0.2, 0.25) is 0 Å². The molecule has 1 aromatic carbocycles. The Kier molecular flexibility index (Phi) is 7.11. The fraction of sp³-hybridized carbons (Fsp3) is 0.571. The van der Waals surface area contributed by atoms with Crippen molar-refractivity contribution in [3.05, 3.63) is 35.9 Å². The summed E-state index contributed by atoms with van der Waals surface area (Å²) in [6.45, 7) is 7.26. The van der Waals surface area contributed by atoms with Crippen molar-refractivity contribution in [2.45, 2.75) is 71.1 Å². The van der Waals surface area contributed by atoms with Crippen LogP contribution in [0.4, 0.5) is 9.59 Å². The maximum Gasteiger partial charge on any atom is 0.430 e. The highest BCUT2D eigenvalue weighted by atomic mass is 16.6. The minimum absolute atomic E-state index is 0.0652. The molecule has 0 saturated heterocycles. The predicted molar refractivity (Wildman–Crippen MR) is 107 cm³/mol. The number of ether oxygens (including phenoxy) is 2. The summed E-state index contributed by atoms with van der Waals surface area (Å²) in [7, 11) is 0. The van der Waals surface area contributed by atoms with Gasteiger partial charge in [-0.3, -0.25) is 0 Å². The molecule has 0 aliphatic heterocycles. The summed E-state index contributed by atoms with van der Waals surface area (Å²) < 4.78 is 11.0. The van der Waals surface area contributed by atoms with Gasteiger partial charge in [0.25, 0.3) is 0 Å². The van der Waals surface area contributed by atoms with E-state index in [-0.39, 0.29) is 6.61 Å². The van der Waals surface area contributed by atoms with E-state index in [1.54, 1.807) is 20.8 Å². The molecule has 0 unspecified atom stereocenters. The molecule has 2 rings (SSSR count). The number of esters is 1. The average molecular weight is 405 g/mol. The van der Waals surface area contributed by atoms with Crippen LogP contribution < -0.4 is 11.2 Å². The van der Waals surface area contributed by atoms with Gasteiger partial charge in [0.2, 0.25) is 0 Å². The monoisotopic (exact) mass is 405 g/mol. The number of benzene rings is 1. The lowest BCUT2D eigenvalue weighted by Crippen LogP contribution is -2.66. The number of rotatable bonds is 4. The zero-order chi connectivity index (χ0) is 21.7. The van der Waals surface area contributed by atoms with Crippen molar-refractivity contribution in [3.8, 4) is 0 Å². The summed E-state index contributed by atoms with van der Waals surface area (Å²) in [6, 6.07) is 8.30. The van der Waals surface area contributed by atoms with Crippen molar-refractivity contribution >= 4 is 18.1 Å². The molecule has 1 fully saturated rings. The molecular formula is C21H31N3O5. The average Bonchev–Trinajstić information content (AvgIpc) is 2.64. The van der Waals surface area contributed by atoms with E-state index in [1.165, 1.54) is 0 Å². The van der Waals surface area contributed by atoms with E-state index in [9.17, 15) is 14.4 Å². The molecule has 0 aromatic heterocycles. The number of nitrogens with one attached hydrogen (secondary N) is 1. The predicted octanol–water partition coefficient (Wildman–Crippen LogP) is 3.50. The largest absolute Gasteiger partial charge is 0.459 e. The van der Waals surface area contributed by atoms with Gasteiger partial charge in [-0.25, -0.2) is 19.8 Å². The van der Waals surface area contributed by atoms with E-state index in [4.69, 9.17) is 15.2 Å². The van der Waals surface area contributed by atoms with Crippen LogP contribution in [0.25, 0.3) is 0 Å². The summed E-state index contributed by atoms with van der Waals surface area (Å²) in [6.07, 6.45) is 1.21. The Hall–Kier alpha value is -2.77. The first-order chi connectivity index (χ1) is 13.5. The van der Waals surface area contributed by atoms with Gasteiger partial charge in [-0.05, 0) is 57.9 Å². The second-order valence-electron chi connectivity index (χ2n) is 8.57. The lowest BCUT2D eigenvalue weighted by molar-refractivity contribution is -0.164. The molecule has 29 heavy (non-hydrogen) atoms. The van der Waals surface area contributed by atoms with Crippen LogP contribution in [0, 0.1) is 5.92 Å². The van der Waals surface area contributed by atoms with Gasteiger partial charge in [0.05, 0.1) is 0 Å². The highest BCUT2D eigenvalue weighted by Gasteiger charge is 2.51. The smallest absolute Gasteiger partial charge is 0.430 e. The third-order valence-electron chi connectivity index (χ3n) is 4.92. The Morgan fingerprint density at radius 2 is 1.76 bits per heavy atom. The molecule has 1 aromatic rings. The van der Waals surface area contributed by atoms with Crippen LogP contribution in [0.15, 0.2) is 30.3 Å². The van der Waals surface area contributed by atoms with E-state index in [0.29, 0.717) is 31.6 Å². The standard InChI is InChI=1S/C21H31N3O5/c1-15-10-12-21(13-11-15,17(25)28-14-16-8-6-5-7-9-16)24(23-18(22)26)19(27)29-20(2,3)4/h5-9,15H,10-14H2,1-4H3,(H3,22,23,26). The Bertz CT molecular complexity index is 722. The van der Waals surface area contributed by atoms with Crippen molar-refractivity contribution in [2.75, 3.05) is 0 Å². The van der Waals surface area contributed by atoms with Crippen molar-refractivity contribution in [3.63, 3.8) is 0 Å². The highest BCUT2D eigenvalue weighted by molar-refractivity contribution is 5.87. The number of urea groups is 1. The second kappa shape index (κ2) is 9.15. The third-order valence-corrected chi connectivity index (χ3v) is 4.92. The molecule has 3 N–H and O–H groups in total. The summed E-state index contributed by atoms with van der Waals surface area (Å²) in [5.74, 6) is -0.202. The Balaban J connectivity index is 2.31. The number of primary amides is 1. The summed E-state index contributed by atoms with van der Waals surface area (Å²) in [4.78, 5) is 37.8.